The highest BCUT2D eigenvalue weighted by Crippen LogP contribution is 2.48. The number of allylic oxidation sites excluding steroid dienone is 4. The van der Waals surface area contributed by atoms with E-state index < -0.39 is 0 Å². The summed E-state index contributed by atoms with van der Waals surface area (Å²) >= 11 is 0. The van der Waals surface area contributed by atoms with E-state index in [2.05, 4.69) is 115 Å². The van der Waals surface area contributed by atoms with E-state index in [1.165, 1.54) is 44.2 Å². The zero-order chi connectivity index (χ0) is 26.5. The van der Waals surface area contributed by atoms with Crippen LogP contribution in [0, 0.1) is 0 Å². The first kappa shape index (κ1) is 22.9. The Morgan fingerprint density at radius 1 is 0.475 bits per heavy atom. The zero-order valence-electron chi connectivity index (χ0n) is 22.0. The number of aromatic nitrogens is 2. The highest BCUT2D eigenvalue weighted by molar-refractivity contribution is 6.16. The molecular weight excluding hydrogens is 484 g/mol. The van der Waals surface area contributed by atoms with Crippen LogP contribution in [0.4, 0.5) is 0 Å². The Balaban J connectivity index is 1.22. The normalized spacial score (nSPS) is 13.3. The lowest BCUT2D eigenvalue weighted by Crippen LogP contribution is -1.98. The topological polar surface area (TPSA) is 25.8 Å². The van der Waals surface area contributed by atoms with Crippen molar-refractivity contribution < 1.29 is 0 Å². The fraction of sp³-hybridized carbons (Fsp3) is 0.0526. The number of rotatable bonds is 4. The maximum absolute atomic E-state index is 5.01. The molecule has 0 N–H and O–H groups in total. The van der Waals surface area contributed by atoms with Crippen LogP contribution in [0.5, 0.6) is 0 Å². The minimum absolute atomic E-state index is 0.754. The van der Waals surface area contributed by atoms with Crippen molar-refractivity contribution in [1.29, 1.82) is 0 Å². The smallest absolute Gasteiger partial charge is 0.160 e. The van der Waals surface area contributed by atoms with E-state index in [1.54, 1.807) is 0 Å². The van der Waals surface area contributed by atoms with E-state index in [4.69, 9.17) is 9.97 Å². The van der Waals surface area contributed by atoms with E-state index in [1.807, 2.05) is 18.2 Å². The first-order valence-electron chi connectivity index (χ1n) is 13.9. The quantitative estimate of drug-likeness (QED) is 0.235. The molecule has 6 aromatic rings. The Labute approximate surface area is 234 Å². The molecule has 0 saturated heterocycles. The second-order valence-corrected chi connectivity index (χ2v) is 10.5. The first-order valence-corrected chi connectivity index (χ1v) is 13.9. The van der Waals surface area contributed by atoms with Crippen molar-refractivity contribution in [3.63, 3.8) is 0 Å². The van der Waals surface area contributed by atoms with Gasteiger partial charge in [0.05, 0.1) is 11.4 Å². The summed E-state index contributed by atoms with van der Waals surface area (Å²) in [4.78, 5) is 9.97. The number of hydrogen-bond donors (Lipinski definition) is 0. The summed E-state index contributed by atoms with van der Waals surface area (Å²) in [7, 11) is 0. The molecule has 0 amide bonds. The second kappa shape index (κ2) is 9.29. The fourth-order valence-corrected chi connectivity index (χ4v) is 6.08. The van der Waals surface area contributed by atoms with Crippen LogP contribution in [0.3, 0.4) is 0 Å². The fourth-order valence-electron chi connectivity index (χ4n) is 6.08. The van der Waals surface area contributed by atoms with E-state index in [0.717, 1.165) is 46.8 Å². The molecule has 2 aliphatic carbocycles. The Morgan fingerprint density at radius 3 is 2.00 bits per heavy atom. The van der Waals surface area contributed by atoms with Gasteiger partial charge in [0.25, 0.3) is 0 Å². The summed E-state index contributed by atoms with van der Waals surface area (Å²) in [6.07, 6.45) is 8.81. The maximum Gasteiger partial charge on any atom is 0.160 e. The lowest BCUT2D eigenvalue weighted by Gasteiger charge is -2.12. The van der Waals surface area contributed by atoms with Gasteiger partial charge in [-0.25, -0.2) is 9.97 Å². The summed E-state index contributed by atoms with van der Waals surface area (Å²) in [5.41, 5.74) is 12.9. The van der Waals surface area contributed by atoms with Crippen LogP contribution in [-0.2, 0) is 0 Å². The number of nitrogens with zero attached hydrogens (tertiary/aromatic N) is 2. The summed E-state index contributed by atoms with van der Waals surface area (Å²) in [5, 5.41) is 2.64. The molecule has 0 aliphatic heterocycles. The second-order valence-electron chi connectivity index (χ2n) is 10.5. The first-order chi connectivity index (χ1) is 19.8. The Bertz CT molecular complexity index is 1980. The molecule has 0 bridgehead atoms. The average molecular weight is 511 g/mol. The molecule has 0 fully saturated rings. The average Bonchev–Trinajstić information content (AvgIpc) is 3.36. The maximum atomic E-state index is 5.01. The number of hydrogen-bond acceptors (Lipinski definition) is 2. The molecule has 40 heavy (non-hydrogen) atoms. The van der Waals surface area contributed by atoms with Gasteiger partial charge in [0, 0.05) is 11.1 Å². The SMILES string of the molecule is C1=CC(c2cc(-c3ccc(-c4cc5c6c(cccc6c4)-c4ccccc4-5)cc3)nc(-c3ccccc3)n2)=CCC1. The van der Waals surface area contributed by atoms with Crippen LogP contribution < -0.4 is 0 Å². The van der Waals surface area contributed by atoms with Gasteiger partial charge >= 0.3 is 0 Å². The van der Waals surface area contributed by atoms with Crippen molar-refractivity contribution in [2.45, 2.75) is 12.8 Å². The Morgan fingerprint density at radius 2 is 1.20 bits per heavy atom. The number of benzene rings is 5. The highest BCUT2D eigenvalue weighted by atomic mass is 14.9. The summed E-state index contributed by atoms with van der Waals surface area (Å²) in [5.74, 6) is 0.754. The van der Waals surface area contributed by atoms with Gasteiger partial charge in [0.15, 0.2) is 5.82 Å². The van der Waals surface area contributed by atoms with Crippen LogP contribution in [0.15, 0.2) is 133 Å². The molecule has 0 spiro atoms. The van der Waals surface area contributed by atoms with Crippen molar-refractivity contribution in [2.75, 3.05) is 0 Å². The highest BCUT2D eigenvalue weighted by Gasteiger charge is 2.21. The van der Waals surface area contributed by atoms with Crippen LogP contribution in [-0.4, -0.2) is 9.97 Å². The van der Waals surface area contributed by atoms with E-state index >= 15 is 0 Å². The predicted octanol–water partition coefficient (Wildman–Crippen LogP) is 10.0. The summed E-state index contributed by atoms with van der Waals surface area (Å²) in [6, 6.07) is 41.2. The molecule has 1 heterocycles. The van der Waals surface area contributed by atoms with Gasteiger partial charge in [-0.05, 0) is 80.8 Å². The van der Waals surface area contributed by atoms with E-state index in [0.29, 0.717) is 0 Å². The Kier molecular flexibility index (Phi) is 5.31. The molecule has 2 heteroatoms. The standard InChI is InChI=1S/C38H26N2/c1-3-10-26(11-4-1)35-24-36(40-38(39-35)28-12-5-2-6-13-28)27-20-18-25(19-21-27)30-22-29-14-9-17-33-31-15-7-8-16-32(31)34(23-30)37(29)33/h2-3,5-24H,1,4H2. The van der Waals surface area contributed by atoms with Gasteiger partial charge in [-0.15, -0.1) is 0 Å². The van der Waals surface area contributed by atoms with Gasteiger partial charge in [-0.2, -0.15) is 0 Å². The number of fused-ring (bicyclic) bond motifs is 3. The van der Waals surface area contributed by atoms with Crippen molar-refractivity contribution in [2.24, 2.45) is 0 Å². The molecule has 2 nitrogen and oxygen atoms in total. The molecule has 2 aliphatic rings. The van der Waals surface area contributed by atoms with Gasteiger partial charge in [-0.3, -0.25) is 0 Å². The van der Waals surface area contributed by atoms with Crippen molar-refractivity contribution in [3.8, 4) is 56.0 Å². The van der Waals surface area contributed by atoms with Crippen LogP contribution in [0.25, 0.3) is 72.4 Å². The van der Waals surface area contributed by atoms with Crippen LogP contribution in [0.2, 0.25) is 0 Å². The van der Waals surface area contributed by atoms with E-state index in [9.17, 15) is 0 Å². The lowest BCUT2D eigenvalue weighted by molar-refractivity contribution is 1.03. The molecule has 0 saturated carbocycles. The predicted molar refractivity (Wildman–Crippen MR) is 167 cm³/mol. The third kappa shape index (κ3) is 3.80. The largest absolute Gasteiger partial charge is 0.228 e. The van der Waals surface area contributed by atoms with Crippen LogP contribution in [0.1, 0.15) is 18.5 Å². The van der Waals surface area contributed by atoms with Crippen LogP contribution >= 0.6 is 0 Å². The molecule has 0 atom stereocenters. The van der Waals surface area contributed by atoms with Gasteiger partial charge in [0.2, 0.25) is 0 Å². The zero-order valence-corrected chi connectivity index (χ0v) is 22.0. The molecule has 0 radical (unpaired) electrons. The minimum atomic E-state index is 0.754. The minimum Gasteiger partial charge on any atom is -0.228 e. The molecule has 5 aromatic carbocycles. The molecule has 188 valence electrons. The molecule has 8 rings (SSSR count). The molecular formula is C38H26N2. The lowest BCUT2D eigenvalue weighted by atomic mass is 9.95. The van der Waals surface area contributed by atoms with Crippen molar-refractivity contribution >= 4 is 16.3 Å². The third-order valence-electron chi connectivity index (χ3n) is 8.05. The van der Waals surface area contributed by atoms with Gasteiger partial charge in [0.1, 0.15) is 0 Å². The van der Waals surface area contributed by atoms with Gasteiger partial charge in [-0.1, -0.05) is 115 Å². The molecule has 1 aromatic heterocycles. The molecule has 0 unspecified atom stereocenters. The Hall–Kier alpha value is -5.08. The van der Waals surface area contributed by atoms with Crippen molar-refractivity contribution in [3.05, 3.63) is 139 Å². The van der Waals surface area contributed by atoms with E-state index in [-0.39, 0.29) is 0 Å². The van der Waals surface area contributed by atoms with Crippen molar-refractivity contribution in [1.82, 2.24) is 9.97 Å². The third-order valence-corrected chi connectivity index (χ3v) is 8.05. The summed E-state index contributed by atoms with van der Waals surface area (Å²) in [6.45, 7) is 0. The summed E-state index contributed by atoms with van der Waals surface area (Å²) < 4.78 is 0. The monoisotopic (exact) mass is 510 g/mol. The van der Waals surface area contributed by atoms with Gasteiger partial charge < -0.3 is 0 Å².